The number of hydrogen-bond donors (Lipinski definition) is 2. The summed E-state index contributed by atoms with van der Waals surface area (Å²) in [7, 11) is 0. The van der Waals surface area contributed by atoms with Crippen LogP contribution in [0.3, 0.4) is 0 Å². The van der Waals surface area contributed by atoms with Gasteiger partial charge in [-0.15, -0.1) is 23.1 Å². The number of carbonyl (C=O) groups excluding carboxylic acids is 2. The van der Waals surface area contributed by atoms with E-state index in [4.69, 9.17) is 0 Å². The number of thioether (sulfide) groups is 1. The lowest BCUT2D eigenvalue weighted by Crippen LogP contribution is -2.51. The van der Waals surface area contributed by atoms with Crippen molar-refractivity contribution in [2.45, 2.75) is 11.3 Å². The lowest BCUT2D eigenvalue weighted by molar-refractivity contribution is -0.119. The van der Waals surface area contributed by atoms with Crippen molar-refractivity contribution in [3.63, 3.8) is 0 Å². The van der Waals surface area contributed by atoms with Crippen LogP contribution in [0.25, 0.3) is 0 Å². The van der Waals surface area contributed by atoms with Crippen molar-refractivity contribution in [3.8, 4) is 0 Å². The lowest BCUT2D eigenvalue weighted by atomic mass is 9.94. The van der Waals surface area contributed by atoms with Gasteiger partial charge in [0.25, 0.3) is 5.91 Å². The van der Waals surface area contributed by atoms with Crippen LogP contribution in [0.5, 0.6) is 0 Å². The van der Waals surface area contributed by atoms with Crippen LogP contribution in [0.1, 0.15) is 26.8 Å². The molecule has 1 saturated heterocycles. The van der Waals surface area contributed by atoms with Crippen molar-refractivity contribution in [2.75, 3.05) is 18.8 Å². The minimum absolute atomic E-state index is 0.189. The number of amides is 2. The summed E-state index contributed by atoms with van der Waals surface area (Å²) in [5.41, 5.74) is 7.51. The molecule has 7 heteroatoms. The highest BCUT2D eigenvalue weighted by atomic mass is 32.2. The topological polar surface area (TPSA) is 61.4 Å². The van der Waals surface area contributed by atoms with Gasteiger partial charge in [0, 0.05) is 18.3 Å². The van der Waals surface area contributed by atoms with Crippen LogP contribution in [0.4, 0.5) is 0 Å². The number of carbonyl (C=O) groups is 2. The van der Waals surface area contributed by atoms with E-state index in [2.05, 4.69) is 64.3 Å². The number of benzene rings is 2. The highest BCUT2D eigenvalue weighted by Gasteiger charge is 2.34. The summed E-state index contributed by atoms with van der Waals surface area (Å²) in [5.74, 6) is -0.150. The van der Waals surface area contributed by atoms with Gasteiger partial charge in [-0.05, 0) is 22.6 Å². The average molecular weight is 438 g/mol. The Kier molecular flexibility index (Phi) is 6.84. The number of hydrazine groups is 1. The number of nitrogens with one attached hydrogen (secondary N) is 2. The average Bonchev–Trinajstić information content (AvgIpc) is 3.30. The monoisotopic (exact) mass is 437 g/mol. The molecule has 1 fully saturated rings. The first-order valence-electron chi connectivity index (χ1n) is 9.79. The van der Waals surface area contributed by atoms with Crippen LogP contribution >= 0.6 is 23.1 Å². The van der Waals surface area contributed by atoms with Crippen molar-refractivity contribution < 1.29 is 9.59 Å². The summed E-state index contributed by atoms with van der Waals surface area (Å²) in [6, 6.07) is 24.8. The molecule has 2 aromatic carbocycles. The van der Waals surface area contributed by atoms with Crippen LogP contribution < -0.4 is 10.9 Å². The largest absolute Gasteiger partial charge is 0.290 e. The standard InChI is InChI=1S/C23H23N3O2S2/c27-21(24-25-23(28)20-12-7-13-29-20)16-30-19-14-26(15-19)22(17-8-3-1-4-9-17)18-10-5-2-6-11-18/h1-13,19,22H,14-16H2,(H,24,27)(H,25,28). The fraction of sp³-hybridized carbons (Fsp3) is 0.217. The van der Waals surface area contributed by atoms with Gasteiger partial charge in [-0.1, -0.05) is 66.7 Å². The van der Waals surface area contributed by atoms with Gasteiger partial charge >= 0.3 is 0 Å². The summed E-state index contributed by atoms with van der Waals surface area (Å²) < 4.78 is 0. The Morgan fingerprint density at radius 2 is 1.57 bits per heavy atom. The van der Waals surface area contributed by atoms with Crippen LogP contribution in [-0.2, 0) is 4.79 Å². The first kappa shape index (κ1) is 20.7. The molecule has 0 spiro atoms. The Morgan fingerprint density at radius 1 is 0.933 bits per heavy atom. The molecule has 0 aliphatic carbocycles. The Hall–Kier alpha value is -2.61. The molecule has 1 aliphatic heterocycles. The molecule has 154 valence electrons. The van der Waals surface area contributed by atoms with Gasteiger partial charge in [0.15, 0.2) is 0 Å². The van der Waals surface area contributed by atoms with E-state index in [0.717, 1.165) is 13.1 Å². The van der Waals surface area contributed by atoms with Crippen LogP contribution in [0.15, 0.2) is 78.2 Å². The third-order valence-corrected chi connectivity index (χ3v) is 7.05. The van der Waals surface area contributed by atoms with Gasteiger partial charge in [-0.25, -0.2) is 0 Å². The maximum Gasteiger partial charge on any atom is 0.279 e. The Labute approximate surface area is 184 Å². The fourth-order valence-electron chi connectivity index (χ4n) is 3.50. The summed E-state index contributed by atoms with van der Waals surface area (Å²) in [6.45, 7) is 1.85. The van der Waals surface area contributed by atoms with Gasteiger partial charge in [0.05, 0.1) is 16.7 Å². The third kappa shape index (κ3) is 5.11. The van der Waals surface area contributed by atoms with E-state index in [1.807, 2.05) is 17.5 Å². The number of nitrogens with zero attached hydrogens (tertiary/aromatic N) is 1. The molecular weight excluding hydrogens is 414 g/mol. The molecule has 3 aromatic rings. The van der Waals surface area contributed by atoms with Gasteiger partial charge < -0.3 is 0 Å². The van der Waals surface area contributed by atoms with Crippen molar-refractivity contribution in [1.82, 2.24) is 15.8 Å². The first-order valence-corrected chi connectivity index (χ1v) is 11.7. The van der Waals surface area contributed by atoms with Crippen LogP contribution in [0, 0.1) is 0 Å². The van der Waals surface area contributed by atoms with E-state index >= 15 is 0 Å². The molecule has 0 unspecified atom stereocenters. The Bertz CT molecular complexity index is 919. The molecule has 1 aliphatic rings. The predicted molar refractivity (Wildman–Crippen MR) is 122 cm³/mol. The second kappa shape index (κ2) is 9.93. The molecule has 0 radical (unpaired) electrons. The molecule has 4 rings (SSSR count). The van der Waals surface area contributed by atoms with Gasteiger partial charge in [0.2, 0.25) is 5.91 Å². The number of thiophene rings is 1. The second-order valence-electron chi connectivity index (χ2n) is 7.09. The summed E-state index contributed by atoms with van der Waals surface area (Å²) in [5, 5.41) is 2.23. The minimum Gasteiger partial charge on any atom is -0.290 e. The van der Waals surface area contributed by atoms with E-state index < -0.39 is 0 Å². The van der Waals surface area contributed by atoms with Gasteiger partial charge in [0.1, 0.15) is 0 Å². The molecule has 1 aromatic heterocycles. The number of likely N-dealkylation sites (tertiary alicyclic amines) is 1. The van der Waals surface area contributed by atoms with Crippen molar-refractivity contribution >= 4 is 34.9 Å². The summed E-state index contributed by atoms with van der Waals surface area (Å²) in [6.07, 6.45) is 0. The van der Waals surface area contributed by atoms with Gasteiger partial charge in [-0.3, -0.25) is 25.3 Å². The summed E-state index contributed by atoms with van der Waals surface area (Å²) in [4.78, 5) is 27.0. The highest BCUT2D eigenvalue weighted by Crippen LogP contribution is 2.35. The highest BCUT2D eigenvalue weighted by molar-refractivity contribution is 8.00. The minimum atomic E-state index is -0.285. The maximum atomic E-state index is 12.1. The molecule has 0 atom stereocenters. The first-order chi connectivity index (χ1) is 14.7. The molecule has 2 N–H and O–H groups in total. The lowest BCUT2D eigenvalue weighted by Gasteiger charge is -2.44. The van der Waals surface area contributed by atoms with Crippen LogP contribution in [0.2, 0.25) is 0 Å². The predicted octanol–water partition coefficient (Wildman–Crippen LogP) is 3.72. The zero-order valence-electron chi connectivity index (χ0n) is 16.4. The second-order valence-corrected chi connectivity index (χ2v) is 9.33. The molecule has 30 heavy (non-hydrogen) atoms. The van der Waals surface area contributed by atoms with Crippen molar-refractivity contribution in [2.24, 2.45) is 0 Å². The van der Waals surface area contributed by atoms with Crippen molar-refractivity contribution in [1.29, 1.82) is 0 Å². The van der Waals surface area contributed by atoms with E-state index in [1.165, 1.54) is 22.5 Å². The molecule has 5 nitrogen and oxygen atoms in total. The number of rotatable bonds is 7. The Balaban J connectivity index is 1.26. The normalized spacial score (nSPS) is 14.3. The Morgan fingerprint density at radius 3 is 2.13 bits per heavy atom. The van der Waals surface area contributed by atoms with E-state index in [1.54, 1.807) is 23.9 Å². The van der Waals surface area contributed by atoms with Crippen LogP contribution in [-0.4, -0.2) is 40.8 Å². The van der Waals surface area contributed by atoms with E-state index in [-0.39, 0.29) is 17.9 Å². The molecule has 0 bridgehead atoms. The number of hydrogen-bond acceptors (Lipinski definition) is 5. The maximum absolute atomic E-state index is 12.1. The molecule has 0 saturated carbocycles. The molecule has 2 amide bonds. The smallest absolute Gasteiger partial charge is 0.279 e. The summed E-state index contributed by atoms with van der Waals surface area (Å²) >= 11 is 2.97. The van der Waals surface area contributed by atoms with E-state index in [9.17, 15) is 9.59 Å². The third-order valence-electron chi connectivity index (χ3n) is 4.98. The zero-order valence-corrected chi connectivity index (χ0v) is 18.0. The SMILES string of the molecule is O=C(CSC1CN(C(c2ccccc2)c2ccccc2)C1)NNC(=O)c1cccs1. The zero-order chi connectivity index (χ0) is 20.8. The van der Waals surface area contributed by atoms with Gasteiger partial charge in [-0.2, -0.15) is 0 Å². The molecule has 2 heterocycles. The fourth-order valence-corrected chi connectivity index (χ4v) is 5.17. The molecular formula is C23H23N3O2S2. The van der Waals surface area contributed by atoms with Crippen molar-refractivity contribution in [3.05, 3.63) is 94.2 Å². The quantitative estimate of drug-likeness (QED) is 0.553. The van der Waals surface area contributed by atoms with E-state index in [0.29, 0.717) is 15.9 Å².